The van der Waals surface area contributed by atoms with Crippen molar-refractivity contribution in [1.82, 2.24) is 0 Å². The molecule has 0 saturated carbocycles. The molecule has 0 atom stereocenters. The Morgan fingerprint density at radius 3 is 1.95 bits per heavy atom. The molecule has 2 aromatic heterocycles. The summed E-state index contributed by atoms with van der Waals surface area (Å²) in [6.07, 6.45) is 2.28. The van der Waals surface area contributed by atoms with E-state index >= 15 is 0 Å². The van der Waals surface area contributed by atoms with Crippen LogP contribution < -0.4 is 20.8 Å². The number of hydrogen-bond donors (Lipinski definition) is 0. The highest BCUT2D eigenvalue weighted by atomic mass is 32.1. The highest BCUT2D eigenvalue weighted by molar-refractivity contribution is 7.26. The van der Waals surface area contributed by atoms with Crippen molar-refractivity contribution in [2.24, 2.45) is 0 Å². The fourth-order valence-electron chi connectivity index (χ4n) is 11.6. The number of benzene rings is 7. The van der Waals surface area contributed by atoms with Crippen molar-refractivity contribution < 1.29 is 4.42 Å². The molecule has 328 valence electrons. The number of furan rings is 1. The van der Waals surface area contributed by atoms with Crippen molar-refractivity contribution in [3.63, 3.8) is 0 Å². The van der Waals surface area contributed by atoms with E-state index < -0.39 is 0 Å². The van der Waals surface area contributed by atoms with Gasteiger partial charge in [0.2, 0.25) is 0 Å². The summed E-state index contributed by atoms with van der Waals surface area (Å²) in [7, 11) is 0. The fourth-order valence-corrected chi connectivity index (χ4v) is 12.8. The van der Waals surface area contributed by atoms with Gasteiger partial charge in [0.15, 0.2) is 0 Å². The van der Waals surface area contributed by atoms with Gasteiger partial charge in [-0.2, -0.15) is 0 Å². The molecule has 0 spiro atoms. The van der Waals surface area contributed by atoms with Crippen LogP contribution in [0.3, 0.4) is 0 Å². The molecule has 0 bridgehead atoms. The molecule has 12 rings (SSSR count). The van der Waals surface area contributed by atoms with Crippen LogP contribution in [0.2, 0.25) is 0 Å². The van der Waals surface area contributed by atoms with Crippen LogP contribution in [-0.2, 0) is 21.7 Å². The molecule has 3 nitrogen and oxygen atoms in total. The Kier molecular flexibility index (Phi) is 8.78. The Labute approximate surface area is 395 Å². The van der Waals surface area contributed by atoms with Gasteiger partial charge in [0.25, 0.3) is 0 Å². The standard InChI is InChI=1S/C61H59BN2OS/c1-36-31-44-41-26-28-52-53(42-19-15-16-20-51(42)66-52)55(41)64(40-24-21-38(22-25-40)58(2,3)4)62-54(44)49(32-36)63(48-27-23-39(59(5,6)7)33-43(48)37-17-13-12-14-18-37)56-45-34-46-47(35-50(45)65-57(56)62)61(10,11)30-29-60(46,8)9/h12-28,31-35H,29-30H2,1-11H3. The van der Waals surface area contributed by atoms with E-state index in [0.717, 1.165) is 41.1 Å². The number of rotatable bonds is 3. The lowest BCUT2D eigenvalue weighted by molar-refractivity contribution is 0.332. The van der Waals surface area contributed by atoms with Gasteiger partial charge in [0, 0.05) is 53.7 Å². The Morgan fingerprint density at radius 2 is 1.24 bits per heavy atom. The van der Waals surface area contributed by atoms with Crippen molar-refractivity contribution in [2.45, 2.75) is 111 Å². The monoisotopic (exact) mass is 878 g/mol. The molecule has 9 aromatic rings. The summed E-state index contributed by atoms with van der Waals surface area (Å²) in [5.41, 5.74) is 20.8. The Balaban J connectivity index is 1.25. The molecule has 5 heteroatoms. The molecule has 7 aromatic carbocycles. The molecule has 0 fully saturated rings. The van der Waals surface area contributed by atoms with Gasteiger partial charge in [-0.3, -0.25) is 0 Å². The average molecular weight is 879 g/mol. The second-order valence-electron chi connectivity index (χ2n) is 22.9. The first-order valence-corrected chi connectivity index (χ1v) is 24.8. The van der Waals surface area contributed by atoms with E-state index in [2.05, 4.69) is 219 Å². The van der Waals surface area contributed by atoms with Gasteiger partial charge in [0.05, 0.1) is 11.4 Å². The maximum atomic E-state index is 7.72. The lowest BCUT2D eigenvalue weighted by atomic mass is 9.45. The average Bonchev–Trinajstić information content (AvgIpc) is 3.86. The van der Waals surface area contributed by atoms with Gasteiger partial charge in [-0.05, 0) is 140 Å². The second kappa shape index (κ2) is 14.0. The second-order valence-corrected chi connectivity index (χ2v) is 24.0. The molecule has 3 aliphatic rings. The summed E-state index contributed by atoms with van der Waals surface area (Å²) in [5, 5.41) is 3.79. The van der Waals surface area contributed by atoms with E-state index in [1.165, 1.54) is 92.5 Å². The lowest BCUT2D eigenvalue weighted by Gasteiger charge is -2.45. The maximum absolute atomic E-state index is 7.72. The van der Waals surface area contributed by atoms with Gasteiger partial charge >= 0.3 is 6.85 Å². The first kappa shape index (κ1) is 41.4. The third-order valence-electron chi connectivity index (χ3n) is 15.5. The van der Waals surface area contributed by atoms with Gasteiger partial charge in [-0.15, -0.1) is 11.3 Å². The predicted octanol–water partition coefficient (Wildman–Crippen LogP) is 16.4. The number of nitrogens with zero attached hydrogens (tertiary/aromatic N) is 2. The van der Waals surface area contributed by atoms with Crippen molar-refractivity contribution in [1.29, 1.82) is 0 Å². The van der Waals surface area contributed by atoms with Crippen LogP contribution in [-0.4, -0.2) is 6.85 Å². The zero-order valence-electron chi connectivity index (χ0n) is 40.4. The third-order valence-corrected chi connectivity index (χ3v) is 16.6. The minimum absolute atomic E-state index is 0.0172. The van der Waals surface area contributed by atoms with Gasteiger partial charge in [-0.1, -0.05) is 148 Å². The normalized spacial score (nSPS) is 16.1. The van der Waals surface area contributed by atoms with Crippen LogP contribution >= 0.6 is 11.3 Å². The zero-order valence-corrected chi connectivity index (χ0v) is 41.2. The molecular formula is C61H59BN2OS. The zero-order chi connectivity index (χ0) is 45.8. The summed E-state index contributed by atoms with van der Waals surface area (Å²) in [6.45, 7) is 25.6. The summed E-state index contributed by atoms with van der Waals surface area (Å²) >= 11 is 1.89. The third kappa shape index (κ3) is 6.07. The summed E-state index contributed by atoms with van der Waals surface area (Å²) in [5.74, 6) is 0. The Hall–Kier alpha value is -6.04. The number of thiophene rings is 1. The van der Waals surface area contributed by atoms with E-state index in [-0.39, 0.29) is 28.5 Å². The summed E-state index contributed by atoms with van der Waals surface area (Å²) < 4.78 is 10.3. The van der Waals surface area contributed by atoms with Crippen molar-refractivity contribution in [3.05, 3.63) is 161 Å². The van der Waals surface area contributed by atoms with Crippen LogP contribution in [0, 0.1) is 6.92 Å². The lowest BCUT2D eigenvalue weighted by Crippen LogP contribution is -2.61. The Bertz CT molecular complexity index is 3470. The van der Waals surface area contributed by atoms with Crippen molar-refractivity contribution in [2.75, 3.05) is 9.71 Å². The number of fused-ring (bicyclic) bond motifs is 11. The SMILES string of the molecule is Cc1cc2c3c(c1)N(c1ccc(C(C)(C)C)cc1-c1ccccc1)c1c(oc4cc5c(cc14)C(C)(C)CCC5(C)C)B3N(c1ccc(C(C)(C)C)cc1)c1c-2ccc2sc3ccccc3c12. The topological polar surface area (TPSA) is 19.6 Å². The van der Waals surface area contributed by atoms with Crippen LogP contribution in [0.4, 0.5) is 28.4 Å². The largest absolute Gasteiger partial charge is 0.466 e. The molecule has 66 heavy (non-hydrogen) atoms. The highest BCUT2D eigenvalue weighted by Gasteiger charge is 2.50. The van der Waals surface area contributed by atoms with Crippen molar-refractivity contribution >= 4 is 88.9 Å². The van der Waals surface area contributed by atoms with Crippen LogP contribution in [0.5, 0.6) is 0 Å². The maximum Gasteiger partial charge on any atom is 0.375 e. The smallest absolute Gasteiger partial charge is 0.375 e. The molecule has 0 saturated heterocycles. The summed E-state index contributed by atoms with van der Waals surface area (Å²) in [4.78, 5) is 5.27. The number of anilines is 5. The van der Waals surface area contributed by atoms with E-state index in [0.29, 0.717) is 0 Å². The first-order chi connectivity index (χ1) is 31.4. The van der Waals surface area contributed by atoms with E-state index in [4.69, 9.17) is 4.42 Å². The number of hydrogen-bond acceptors (Lipinski definition) is 4. The van der Waals surface area contributed by atoms with Crippen LogP contribution in [0.25, 0.3) is 53.4 Å². The molecule has 0 N–H and O–H groups in total. The Morgan fingerprint density at radius 1 is 0.576 bits per heavy atom. The molecule has 4 heterocycles. The van der Waals surface area contributed by atoms with E-state index in [1.54, 1.807) is 0 Å². The summed E-state index contributed by atoms with van der Waals surface area (Å²) in [6, 6.07) is 51.3. The molecule has 1 aliphatic carbocycles. The van der Waals surface area contributed by atoms with Gasteiger partial charge < -0.3 is 14.1 Å². The molecule has 2 aliphatic heterocycles. The number of aryl methyl sites for hydroxylation is 1. The quantitative estimate of drug-likeness (QED) is 0.165. The van der Waals surface area contributed by atoms with Crippen LogP contribution in [0.1, 0.15) is 110 Å². The van der Waals surface area contributed by atoms with Crippen LogP contribution in [0.15, 0.2) is 138 Å². The van der Waals surface area contributed by atoms with Crippen molar-refractivity contribution in [3.8, 4) is 22.3 Å². The fraction of sp³-hybridized carbons (Fsp3) is 0.279. The van der Waals surface area contributed by atoms with E-state index in [9.17, 15) is 0 Å². The molecule has 0 radical (unpaired) electrons. The highest BCUT2D eigenvalue weighted by Crippen LogP contribution is 2.56. The minimum Gasteiger partial charge on any atom is -0.466 e. The van der Waals surface area contributed by atoms with E-state index in [1.807, 2.05) is 11.3 Å². The molecule has 0 amide bonds. The predicted molar refractivity (Wildman–Crippen MR) is 286 cm³/mol. The molecular weight excluding hydrogens is 820 g/mol. The first-order valence-electron chi connectivity index (χ1n) is 24.0. The van der Waals surface area contributed by atoms with Gasteiger partial charge in [-0.25, -0.2) is 0 Å². The minimum atomic E-state index is -0.251. The van der Waals surface area contributed by atoms with Gasteiger partial charge in [0.1, 0.15) is 11.2 Å². The molecule has 0 unspecified atom stereocenters.